The molecule has 0 amide bonds. The standard InChI is InChI=1S/C8H17NO2.H3P/c1-6-7(9(2)3)4-5-8(10)11-6;/h6-8,10H,4-5H2,1-3H3;1H3/t6-,7+,8?;/m1./s1. The fourth-order valence-electron chi connectivity index (χ4n) is 1.63. The Morgan fingerprint density at radius 2 is 1.92 bits per heavy atom. The number of likely N-dealkylation sites (N-methyl/N-ethyl adjacent to an activating group) is 1. The van der Waals surface area contributed by atoms with Crippen molar-refractivity contribution >= 4 is 9.90 Å². The largest absolute Gasteiger partial charge is 0.368 e. The molecule has 4 atom stereocenters. The van der Waals surface area contributed by atoms with Crippen molar-refractivity contribution in [2.45, 2.75) is 38.2 Å². The molecule has 12 heavy (non-hydrogen) atoms. The molecule has 3 nitrogen and oxygen atoms in total. The van der Waals surface area contributed by atoms with E-state index in [9.17, 15) is 0 Å². The van der Waals surface area contributed by atoms with Gasteiger partial charge in [0.25, 0.3) is 0 Å². The van der Waals surface area contributed by atoms with Crippen molar-refractivity contribution in [2.75, 3.05) is 14.1 Å². The van der Waals surface area contributed by atoms with Gasteiger partial charge in [0.1, 0.15) is 0 Å². The van der Waals surface area contributed by atoms with Gasteiger partial charge in [0.05, 0.1) is 6.10 Å². The van der Waals surface area contributed by atoms with Crippen LogP contribution in [0.2, 0.25) is 0 Å². The highest BCUT2D eigenvalue weighted by molar-refractivity contribution is 6.92. The zero-order valence-corrected chi connectivity index (χ0v) is 9.57. The van der Waals surface area contributed by atoms with E-state index < -0.39 is 6.29 Å². The fraction of sp³-hybridized carbons (Fsp3) is 1.00. The first-order chi connectivity index (χ1) is 5.11. The summed E-state index contributed by atoms with van der Waals surface area (Å²) in [4.78, 5) is 2.15. The summed E-state index contributed by atoms with van der Waals surface area (Å²) in [5, 5.41) is 9.14. The van der Waals surface area contributed by atoms with Crippen molar-refractivity contribution < 1.29 is 9.84 Å². The monoisotopic (exact) mass is 193 g/mol. The summed E-state index contributed by atoms with van der Waals surface area (Å²) in [6.07, 6.45) is 1.39. The summed E-state index contributed by atoms with van der Waals surface area (Å²) in [7, 11) is 4.09. The van der Waals surface area contributed by atoms with Gasteiger partial charge in [0.15, 0.2) is 6.29 Å². The number of rotatable bonds is 1. The van der Waals surface area contributed by atoms with E-state index in [4.69, 9.17) is 9.84 Å². The van der Waals surface area contributed by atoms with E-state index in [0.717, 1.165) is 12.8 Å². The highest BCUT2D eigenvalue weighted by atomic mass is 31.0. The molecule has 0 aromatic carbocycles. The second kappa shape index (κ2) is 5.13. The molecule has 1 rings (SSSR count). The highest BCUT2D eigenvalue weighted by Gasteiger charge is 2.27. The molecule has 74 valence electrons. The Labute approximate surface area is 77.7 Å². The van der Waals surface area contributed by atoms with E-state index in [1.807, 2.05) is 21.0 Å². The minimum absolute atomic E-state index is 0. The summed E-state index contributed by atoms with van der Waals surface area (Å²) in [5.41, 5.74) is 0. The molecule has 0 saturated carbocycles. The average molecular weight is 193 g/mol. The zero-order valence-electron chi connectivity index (χ0n) is 8.16. The second-order valence-electron chi connectivity index (χ2n) is 3.40. The van der Waals surface area contributed by atoms with Gasteiger partial charge in [-0.1, -0.05) is 0 Å². The molecule has 1 fully saturated rings. The van der Waals surface area contributed by atoms with Gasteiger partial charge in [-0.15, -0.1) is 0 Å². The third-order valence-electron chi connectivity index (χ3n) is 2.29. The molecule has 0 aromatic rings. The van der Waals surface area contributed by atoms with Crippen LogP contribution < -0.4 is 0 Å². The maximum atomic E-state index is 9.14. The summed E-state index contributed by atoms with van der Waals surface area (Å²) in [6.45, 7) is 2.01. The number of hydrogen-bond acceptors (Lipinski definition) is 3. The third-order valence-corrected chi connectivity index (χ3v) is 2.29. The average Bonchev–Trinajstić information content (AvgIpc) is 1.85. The lowest BCUT2D eigenvalue weighted by atomic mass is 10.0. The summed E-state index contributed by atoms with van der Waals surface area (Å²) < 4.78 is 5.27. The van der Waals surface area contributed by atoms with Crippen LogP contribution in [-0.2, 0) is 4.74 Å². The van der Waals surface area contributed by atoms with E-state index in [1.165, 1.54) is 0 Å². The van der Waals surface area contributed by atoms with Gasteiger partial charge < -0.3 is 14.7 Å². The van der Waals surface area contributed by atoms with Crippen molar-refractivity contribution in [1.82, 2.24) is 4.90 Å². The molecule has 0 aliphatic carbocycles. The van der Waals surface area contributed by atoms with Crippen LogP contribution in [0.3, 0.4) is 0 Å². The minimum Gasteiger partial charge on any atom is -0.368 e. The van der Waals surface area contributed by atoms with Gasteiger partial charge >= 0.3 is 0 Å². The van der Waals surface area contributed by atoms with Crippen molar-refractivity contribution in [3.05, 3.63) is 0 Å². The predicted octanol–water partition coefficient (Wildman–Crippen LogP) is 0.492. The Morgan fingerprint density at radius 3 is 2.33 bits per heavy atom. The van der Waals surface area contributed by atoms with Crippen LogP contribution >= 0.6 is 9.90 Å². The van der Waals surface area contributed by atoms with Gasteiger partial charge in [-0.2, -0.15) is 9.90 Å². The molecule has 2 unspecified atom stereocenters. The molecule has 0 aromatic heterocycles. The van der Waals surface area contributed by atoms with Crippen molar-refractivity contribution in [3.8, 4) is 0 Å². The normalized spacial score (nSPS) is 36.2. The molecule has 1 heterocycles. The number of aliphatic hydroxyl groups excluding tert-OH is 1. The Hall–Kier alpha value is 0.310. The van der Waals surface area contributed by atoms with Crippen LogP contribution in [0.4, 0.5) is 0 Å². The highest BCUT2D eigenvalue weighted by Crippen LogP contribution is 2.20. The number of aliphatic hydroxyl groups is 1. The SMILES string of the molecule is C[C@H]1OC(O)CC[C@@H]1N(C)C.P. The topological polar surface area (TPSA) is 32.7 Å². The number of hydrogen-bond donors (Lipinski definition) is 1. The molecule has 1 aliphatic heterocycles. The lowest BCUT2D eigenvalue weighted by molar-refractivity contribution is -0.177. The summed E-state index contributed by atoms with van der Waals surface area (Å²) in [5.74, 6) is 0. The van der Waals surface area contributed by atoms with Crippen LogP contribution in [0.1, 0.15) is 19.8 Å². The third kappa shape index (κ3) is 2.98. The van der Waals surface area contributed by atoms with Gasteiger partial charge in [-0.3, -0.25) is 0 Å². The van der Waals surface area contributed by atoms with Crippen LogP contribution in [0, 0.1) is 0 Å². The number of ether oxygens (including phenoxy) is 1. The molecule has 4 heteroatoms. The first-order valence-corrected chi connectivity index (χ1v) is 4.11. The quantitative estimate of drug-likeness (QED) is 0.615. The molecule has 1 aliphatic rings. The van der Waals surface area contributed by atoms with Gasteiger partial charge in [-0.25, -0.2) is 0 Å². The predicted molar refractivity (Wildman–Crippen MR) is 54.4 cm³/mol. The zero-order chi connectivity index (χ0) is 8.43. The van der Waals surface area contributed by atoms with Crippen molar-refractivity contribution in [3.63, 3.8) is 0 Å². The van der Waals surface area contributed by atoms with E-state index in [2.05, 4.69) is 4.90 Å². The Balaban J connectivity index is 0.00000121. The second-order valence-corrected chi connectivity index (χ2v) is 3.40. The molecule has 0 bridgehead atoms. The molecular weight excluding hydrogens is 173 g/mol. The van der Waals surface area contributed by atoms with Gasteiger partial charge in [0.2, 0.25) is 0 Å². The van der Waals surface area contributed by atoms with Crippen molar-refractivity contribution in [2.24, 2.45) is 0 Å². The fourth-order valence-corrected chi connectivity index (χ4v) is 1.63. The molecule has 0 spiro atoms. The van der Waals surface area contributed by atoms with E-state index in [-0.39, 0.29) is 16.0 Å². The molecule has 1 N–H and O–H groups in total. The summed E-state index contributed by atoms with van der Waals surface area (Å²) >= 11 is 0. The lowest BCUT2D eigenvalue weighted by Crippen LogP contribution is -2.44. The van der Waals surface area contributed by atoms with Crippen LogP contribution in [-0.4, -0.2) is 42.5 Å². The van der Waals surface area contributed by atoms with Crippen LogP contribution in [0.15, 0.2) is 0 Å². The smallest absolute Gasteiger partial charge is 0.155 e. The Kier molecular flexibility index (Phi) is 5.26. The van der Waals surface area contributed by atoms with Crippen molar-refractivity contribution in [1.29, 1.82) is 0 Å². The van der Waals surface area contributed by atoms with Gasteiger partial charge in [-0.05, 0) is 33.9 Å². The maximum absolute atomic E-state index is 9.14. The first-order valence-electron chi connectivity index (χ1n) is 4.11. The van der Waals surface area contributed by atoms with Gasteiger partial charge in [0, 0.05) is 6.04 Å². The molecule has 1 saturated heterocycles. The molecular formula is C8H20NO2P. The molecule has 0 radical (unpaired) electrons. The van der Waals surface area contributed by atoms with Crippen LogP contribution in [0.5, 0.6) is 0 Å². The Bertz CT molecular complexity index is 132. The number of nitrogens with zero attached hydrogens (tertiary/aromatic N) is 1. The Morgan fingerprint density at radius 1 is 1.33 bits per heavy atom. The van der Waals surface area contributed by atoms with E-state index in [0.29, 0.717) is 6.04 Å². The van der Waals surface area contributed by atoms with E-state index in [1.54, 1.807) is 0 Å². The maximum Gasteiger partial charge on any atom is 0.155 e. The van der Waals surface area contributed by atoms with E-state index >= 15 is 0 Å². The lowest BCUT2D eigenvalue weighted by Gasteiger charge is -2.36. The van der Waals surface area contributed by atoms with Crippen LogP contribution in [0.25, 0.3) is 0 Å². The first kappa shape index (κ1) is 12.3. The summed E-state index contributed by atoms with van der Waals surface area (Å²) in [6, 6.07) is 0.457. The minimum atomic E-state index is -0.541.